The van der Waals surface area contributed by atoms with Crippen molar-refractivity contribution in [3.8, 4) is 11.5 Å². The molecule has 0 heterocycles. The number of aromatic hydroxyl groups is 1. The molecule has 5 heteroatoms. The molecule has 2 aromatic rings. The molecule has 3 nitrogen and oxygen atoms in total. The van der Waals surface area contributed by atoms with E-state index in [1.54, 1.807) is 12.1 Å². The zero-order chi connectivity index (χ0) is 14.7. The van der Waals surface area contributed by atoms with E-state index in [9.17, 15) is 5.11 Å². The molecule has 2 rings (SSSR count). The number of benzene rings is 2. The zero-order valence-electron chi connectivity index (χ0n) is 11.2. The Bertz CT molecular complexity index is 630. The highest BCUT2D eigenvalue weighted by atomic mass is 35.5. The highest BCUT2D eigenvalue weighted by molar-refractivity contribution is 6.33. The Hall–Kier alpha value is -1.58. The summed E-state index contributed by atoms with van der Waals surface area (Å²) < 4.78 is 5.07. The second-order valence-electron chi connectivity index (χ2n) is 4.45. The van der Waals surface area contributed by atoms with E-state index in [0.717, 1.165) is 11.3 Å². The average molecular weight is 312 g/mol. The zero-order valence-corrected chi connectivity index (χ0v) is 12.7. The summed E-state index contributed by atoms with van der Waals surface area (Å²) in [6.07, 6.45) is 0. The maximum absolute atomic E-state index is 10.0. The largest absolute Gasteiger partial charge is 0.504 e. The second kappa shape index (κ2) is 6.25. The normalized spacial score (nSPS) is 10.4. The summed E-state index contributed by atoms with van der Waals surface area (Å²) in [5.74, 6) is 0.428. The molecule has 0 aliphatic carbocycles. The van der Waals surface area contributed by atoms with Crippen molar-refractivity contribution in [2.45, 2.75) is 13.5 Å². The first-order chi connectivity index (χ1) is 9.51. The standard InChI is InChI=1S/C15H15Cl2NO2/c1-9-3-4-13(12(17)5-9)18-8-10-6-11(16)7-14(20-2)15(10)19/h3-7,18-19H,8H2,1-2H3. The molecule has 0 saturated carbocycles. The summed E-state index contributed by atoms with van der Waals surface area (Å²) >= 11 is 12.1. The predicted molar refractivity (Wildman–Crippen MR) is 83.2 cm³/mol. The Morgan fingerprint density at radius 3 is 2.60 bits per heavy atom. The molecule has 2 aromatic carbocycles. The molecule has 0 spiro atoms. The van der Waals surface area contributed by atoms with E-state index in [1.165, 1.54) is 7.11 Å². The molecule has 2 N–H and O–H groups in total. The van der Waals surface area contributed by atoms with Crippen molar-refractivity contribution in [3.63, 3.8) is 0 Å². The third kappa shape index (κ3) is 3.30. The molecule has 0 atom stereocenters. The van der Waals surface area contributed by atoms with Crippen LogP contribution in [0.25, 0.3) is 0 Å². The first-order valence-corrected chi connectivity index (χ1v) is 6.82. The highest BCUT2D eigenvalue weighted by Crippen LogP contribution is 2.34. The smallest absolute Gasteiger partial charge is 0.162 e. The van der Waals surface area contributed by atoms with Crippen LogP contribution in [0.5, 0.6) is 11.5 Å². The number of halogens is 2. The van der Waals surface area contributed by atoms with Crippen LogP contribution in [-0.2, 0) is 6.54 Å². The lowest BCUT2D eigenvalue weighted by Crippen LogP contribution is -2.01. The van der Waals surface area contributed by atoms with Gasteiger partial charge in [0.1, 0.15) is 0 Å². The number of phenols is 1. The van der Waals surface area contributed by atoms with Crippen LogP contribution >= 0.6 is 23.2 Å². The number of phenolic OH excluding ortho intramolecular Hbond substituents is 1. The maximum atomic E-state index is 10.0. The minimum atomic E-state index is 0.0765. The van der Waals surface area contributed by atoms with Crippen LogP contribution in [-0.4, -0.2) is 12.2 Å². The van der Waals surface area contributed by atoms with E-state index in [1.807, 2.05) is 25.1 Å². The SMILES string of the molecule is COc1cc(Cl)cc(CNc2ccc(C)cc2Cl)c1O. The van der Waals surface area contributed by atoms with E-state index in [2.05, 4.69) is 5.32 Å². The lowest BCUT2D eigenvalue weighted by molar-refractivity contribution is 0.371. The number of hydrogen-bond donors (Lipinski definition) is 2. The van der Waals surface area contributed by atoms with Gasteiger partial charge in [-0.05, 0) is 30.7 Å². The van der Waals surface area contributed by atoms with Crippen molar-refractivity contribution in [3.05, 3.63) is 51.5 Å². The lowest BCUT2D eigenvalue weighted by Gasteiger charge is -2.12. The van der Waals surface area contributed by atoms with Crippen molar-refractivity contribution in [2.75, 3.05) is 12.4 Å². The van der Waals surface area contributed by atoms with E-state index >= 15 is 0 Å². The Balaban J connectivity index is 2.20. The number of ether oxygens (including phenoxy) is 1. The van der Waals surface area contributed by atoms with Crippen molar-refractivity contribution < 1.29 is 9.84 Å². The number of nitrogens with one attached hydrogen (secondary N) is 1. The van der Waals surface area contributed by atoms with Crippen LogP contribution in [0.15, 0.2) is 30.3 Å². The fourth-order valence-corrected chi connectivity index (χ4v) is 2.41. The molecule has 0 aliphatic rings. The molecule has 0 radical (unpaired) electrons. The van der Waals surface area contributed by atoms with Crippen LogP contribution < -0.4 is 10.1 Å². The summed E-state index contributed by atoms with van der Waals surface area (Å²) in [4.78, 5) is 0. The quantitative estimate of drug-likeness (QED) is 0.865. The third-order valence-electron chi connectivity index (χ3n) is 2.93. The Kier molecular flexibility index (Phi) is 4.63. The summed E-state index contributed by atoms with van der Waals surface area (Å²) in [5, 5.41) is 14.4. The van der Waals surface area contributed by atoms with Gasteiger partial charge in [0.15, 0.2) is 11.5 Å². The average Bonchev–Trinajstić information content (AvgIpc) is 2.41. The van der Waals surface area contributed by atoms with Gasteiger partial charge in [-0.3, -0.25) is 0 Å². The van der Waals surface area contributed by atoms with E-state index < -0.39 is 0 Å². The van der Waals surface area contributed by atoms with Gasteiger partial charge in [-0.1, -0.05) is 29.3 Å². The molecule has 106 valence electrons. The number of aryl methyl sites for hydroxylation is 1. The second-order valence-corrected chi connectivity index (χ2v) is 5.30. The molecule has 20 heavy (non-hydrogen) atoms. The molecule has 0 bridgehead atoms. The first-order valence-electron chi connectivity index (χ1n) is 6.06. The molecular weight excluding hydrogens is 297 g/mol. The first kappa shape index (κ1) is 14.8. The predicted octanol–water partition coefficient (Wildman–Crippen LogP) is 4.63. The molecule has 0 aromatic heterocycles. The molecule has 0 unspecified atom stereocenters. The summed E-state index contributed by atoms with van der Waals surface area (Å²) in [5.41, 5.74) is 2.54. The van der Waals surface area contributed by atoms with Gasteiger partial charge in [-0.25, -0.2) is 0 Å². The van der Waals surface area contributed by atoms with Crippen molar-refractivity contribution >= 4 is 28.9 Å². The monoisotopic (exact) mass is 311 g/mol. The lowest BCUT2D eigenvalue weighted by atomic mass is 10.1. The van der Waals surface area contributed by atoms with Crippen molar-refractivity contribution in [1.82, 2.24) is 0 Å². The fourth-order valence-electron chi connectivity index (χ4n) is 1.87. The number of anilines is 1. The van der Waals surface area contributed by atoms with Gasteiger partial charge in [0.2, 0.25) is 0 Å². The minimum absolute atomic E-state index is 0.0765. The maximum Gasteiger partial charge on any atom is 0.162 e. The fraction of sp³-hybridized carbons (Fsp3) is 0.200. The van der Waals surface area contributed by atoms with Crippen LogP contribution in [0.4, 0.5) is 5.69 Å². The van der Waals surface area contributed by atoms with Gasteiger partial charge in [-0.15, -0.1) is 0 Å². The number of methoxy groups -OCH3 is 1. The number of hydrogen-bond acceptors (Lipinski definition) is 3. The van der Waals surface area contributed by atoms with Gasteiger partial charge in [-0.2, -0.15) is 0 Å². The molecule has 0 aliphatic heterocycles. The highest BCUT2D eigenvalue weighted by Gasteiger charge is 2.10. The van der Waals surface area contributed by atoms with Gasteiger partial charge >= 0.3 is 0 Å². The third-order valence-corrected chi connectivity index (χ3v) is 3.46. The molecule has 0 amide bonds. The molecular formula is C15H15Cl2NO2. The van der Waals surface area contributed by atoms with Gasteiger partial charge in [0, 0.05) is 23.2 Å². The molecule has 0 fully saturated rings. The van der Waals surface area contributed by atoms with Crippen molar-refractivity contribution in [1.29, 1.82) is 0 Å². The topological polar surface area (TPSA) is 41.5 Å². The Labute approximate surface area is 128 Å². The van der Waals surface area contributed by atoms with Crippen LogP contribution in [0.1, 0.15) is 11.1 Å². The van der Waals surface area contributed by atoms with Gasteiger partial charge in [0.05, 0.1) is 17.8 Å². The number of rotatable bonds is 4. The van der Waals surface area contributed by atoms with E-state index in [0.29, 0.717) is 27.9 Å². The van der Waals surface area contributed by atoms with E-state index in [-0.39, 0.29) is 5.75 Å². The van der Waals surface area contributed by atoms with Crippen LogP contribution in [0.3, 0.4) is 0 Å². The van der Waals surface area contributed by atoms with Gasteiger partial charge < -0.3 is 15.2 Å². The Morgan fingerprint density at radius 1 is 1.20 bits per heavy atom. The van der Waals surface area contributed by atoms with Gasteiger partial charge in [0.25, 0.3) is 0 Å². The summed E-state index contributed by atoms with van der Waals surface area (Å²) in [7, 11) is 1.49. The van der Waals surface area contributed by atoms with E-state index in [4.69, 9.17) is 27.9 Å². The minimum Gasteiger partial charge on any atom is -0.504 e. The van der Waals surface area contributed by atoms with Crippen LogP contribution in [0, 0.1) is 6.92 Å². The van der Waals surface area contributed by atoms with Crippen molar-refractivity contribution in [2.24, 2.45) is 0 Å². The van der Waals surface area contributed by atoms with Crippen LogP contribution in [0.2, 0.25) is 10.0 Å². The summed E-state index contributed by atoms with van der Waals surface area (Å²) in [6, 6.07) is 9.00. The molecule has 0 saturated heterocycles. The summed E-state index contributed by atoms with van der Waals surface area (Å²) in [6.45, 7) is 2.37. The Morgan fingerprint density at radius 2 is 1.95 bits per heavy atom.